The highest BCUT2D eigenvalue weighted by Crippen LogP contribution is 2.06. The summed E-state index contributed by atoms with van der Waals surface area (Å²) in [6.45, 7) is 7.61. The summed E-state index contributed by atoms with van der Waals surface area (Å²) in [6, 6.07) is 0. The summed E-state index contributed by atoms with van der Waals surface area (Å²) in [5.41, 5.74) is 0. The minimum atomic E-state index is -0.255. The minimum Gasteiger partial charge on any atom is -0.393 e. The first-order valence-corrected chi connectivity index (χ1v) is 6.44. The van der Waals surface area contributed by atoms with E-state index < -0.39 is 0 Å². The van der Waals surface area contributed by atoms with Crippen LogP contribution < -0.4 is 0 Å². The lowest BCUT2D eigenvalue weighted by Gasteiger charge is -2.14. The van der Waals surface area contributed by atoms with E-state index in [0.717, 1.165) is 13.0 Å². The molecule has 0 aliphatic rings. The lowest BCUT2D eigenvalue weighted by molar-refractivity contribution is 0.0428. The van der Waals surface area contributed by atoms with Gasteiger partial charge in [-0.25, -0.2) is 0 Å². The van der Waals surface area contributed by atoms with E-state index in [9.17, 15) is 5.11 Å². The van der Waals surface area contributed by atoms with E-state index in [0.29, 0.717) is 6.61 Å². The maximum atomic E-state index is 9.24. The average molecular weight is 216 g/mol. The molecule has 0 aliphatic heterocycles. The quantitative estimate of drug-likeness (QED) is 0.567. The number of hydrogen-bond donors (Lipinski definition) is 1. The largest absolute Gasteiger partial charge is 0.393 e. The predicted octanol–water partition coefficient (Wildman–Crippen LogP) is 3.38. The lowest BCUT2D eigenvalue weighted by atomic mass is 10.1. The summed E-state index contributed by atoms with van der Waals surface area (Å²) < 4.78 is 5.50. The molecule has 0 bridgehead atoms. The minimum absolute atomic E-state index is 0.255. The molecule has 0 radical (unpaired) electrons. The van der Waals surface area contributed by atoms with Crippen LogP contribution in [0.25, 0.3) is 0 Å². The number of ether oxygens (including phenoxy) is 1. The molecular formula is C13H28O2. The highest BCUT2D eigenvalue weighted by molar-refractivity contribution is 4.57. The summed E-state index contributed by atoms with van der Waals surface area (Å²) in [5.74, 6) is 0.255. The van der Waals surface area contributed by atoms with Crippen molar-refractivity contribution in [2.45, 2.75) is 65.4 Å². The molecule has 0 aromatic heterocycles. The summed E-state index contributed by atoms with van der Waals surface area (Å²) in [4.78, 5) is 0. The predicted molar refractivity (Wildman–Crippen MR) is 65.0 cm³/mol. The molecule has 0 spiro atoms. The Bertz CT molecular complexity index is 124. The third kappa shape index (κ3) is 10.2. The van der Waals surface area contributed by atoms with Crippen LogP contribution >= 0.6 is 0 Å². The van der Waals surface area contributed by atoms with E-state index in [1.54, 1.807) is 0 Å². The Morgan fingerprint density at radius 2 is 1.60 bits per heavy atom. The van der Waals surface area contributed by atoms with Gasteiger partial charge in [-0.2, -0.15) is 0 Å². The maximum absolute atomic E-state index is 9.24. The Labute approximate surface area is 95.0 Å². The lowest BCUT2D eigenvalue weighted by Crippen LogP contribution is -2.19. The van der Waals surface area contributed by atoms with Gasteiger partial charge in [-0.15, -0.1) is 0 Å². The number of unbranched alkanes of at least 4 members (excludes halogenated alkanes) is 5. The first-order chi connectivity index (χ1) is 7.18. The van der Waals surface area contributed by atoms with Crippen LogP contribution in [0.3, 0.4) is 0 Å². The van der Waals surface area contributed by atoms with Crippen molar-refractivity contribution in [1.82, 2.24) is 0 Å². The van der Waals surface area contributed by atoms with Crippen LogP contribution in [0.1, 0.15) is 59.3 Å². The molecule has 92 valence electrons. The summed E-state index contributed by atoms with van der Waals surface area (Å²) in [5, 5.41) is 9.24. The number of hydrogen-bond acceptors (Lipinski definition) is 2. The highest BCUT2D eigenvalue weighted by Gasteiger charge is 2.07. The van der Waals surface area contributed by atoms with Crippen molar-refractivity contribution < 1.29 is 9.84 Å². The number of aliphatic hydroxyl groups is 1. The molecule has 0 saturated carbocycles. The molecule has 0 aliphatic carbocycles. The molecule has 2 unspecified atom stereocenters. The van der Waals surface area contributed by atoms with Crippen LogP contribution in [0.2, 0.25) is 0 Å². The van der Waals surface area contributed by atoms with Crippen molar-refractivity contribution in [3.05, 3.63) is 0 Å². The zero-order chi connectivity index (χ0) is 11.5. The van der Waals surface area contributed by atoms with Crippen molar-refractivity contribution in [1.29, 1.82) is 0 Å². The highest BCUT2D eigenvalue weighted by atomic mass is 16.5. The third-order valence-corrected chi connectivity index (χ3v) is 2.85. The van der Waals surface area contributed by atoms with Gasteiger partial charge < -0.3 is 9.84 Å². The van der Waals surface area contributed by atoms with Gasteiger partial charge in [-0.1, -0.05) is 46.0 Å². The molecule has 2 atom stereocenters. The van der Waals surface area contributed by atoms with E-state index in [4.69, 9.17) is 4.74 Å². The van der Waals surface area contributed by atoms with E-state index in [1.807, 2.05) is 13.8 Å². The van der Waals surface area contributed by atoms with Gasteiger partial charge in [0.25, 0.3) is 0 Å². The van der Waals surface area contributed by atoms with Crippen LogP contribution in [0.4, 0.5) is 0 Å². The topological polar surface area (TPSA) is 29.5 Å². The van der Waals surface area contributed by atoms with Gasteiger partial charge in [-0.05, 0) is 13.3 Å². The Morgan fingerprint density at radius 1 is 1.00 bits per heavy atom. The van der Waals surface area contributed by atoms with Crippen molar-refractivity contribution in [3.8, 4) is 0 Å². The smallest absolute Gasteiger partial charge is 0.0559 e. The second kappa shape index (κ2) is 10.4. The Balaban J connectivity index is 3.05. The molecule has 0 aromatic carbocycles. The van der Waals surface area contributed by atoms with Gasteiger partial charge in [0.2, 0.25) is 0 Å². The van der Waals surface area contributed by atoms with Gasteiger partial charge >= 0.3 is 0 Å². The molecule has 0 heterocycles. The van der Waals surface area contributed by atoms with Gasteiger partial charge in [0.1, 0.15) is 0 Å². The molecule has 0 saturated heterocycles. The Kier molecular flexibility index (Phi) is 10.4. The molecule has 0 fully saturated rings. The van der Waals surface area contributed by atoms with Crippen molar-refractivity contribution in [2.75, 3.05) is 13.2 Å². The monoisotopic (exact) mass is 216 g/mol. The molecule has 2 nitrogen and oxygen atoms in total. The number of aliphatic hydroxyl groups excluding tert-OH is 1. The fourth-order valence-electron chi connectivity index (χ4n) is 1.39. The Morgan fingerprint density at radius 3 is 2.20 bits per heavy atom. The van der Waals surface area contributed by atoms with E-state index in [1.165, 1.54) is 32.1 Å². The van der Waals surface area contributed by atoms with Crippen LogP contribution in [0, 0.1) is 5.92 Å². The van der Waals surface area contributed by atoms with Crippen molar-refractivity contribution in [2.24, 2.45) is 5.92 Å². The first kappa shape index (κ1) is 14.9. The summed E-state index contributed by atoms with van der Waals surface area (Å²) in [7, 11) is 0. The normalized spacial score (nSPS) is 15.2. The fourth-order valence-corrected chi connectivity index (χ4v) is 1.39. The maximum Gasteiger partial charge on any atom is 0.0559 e. The van der Waals surface area contributed by atoms with Crippen LogP contribution in [-0.4, -0.2) is 24.4 Å². The number of rotatable bonds is 10. The average Bonchev–Trinajstić information content (AvgIpc) is 2.21. The molecular weight excluding hydrogens is 188 g/mol. The Hall–Kier alpha value is -0.0800. The standard InChI is InChI=1S/C13H28O2/c1-4-5-6-7-8-9-10-15-11-12(2)13(3)14/h12-14H,4-11H2,1-3H3. The zero-order valence-electron chi connectivity index (χ0n) is 10.7. The van der Waals surface area contributed by atoms with E-state index in [-0.39, 0.29) is 12.0 Å². The molecule has 0 aromatic rings. The van der Waals surface area contributed by atoms with Crippen molar-refractivity contribution >= 4 is 0 Å². The van der Waals surface area contributed by atoms with Crippen LogP contribution in [0.5, 0.6) is 0 Å². The van der Waals surface area contributed by atoms with Gasteiger partial charge in [0.05, 0.1) is 12.7 Å². The summed E-state index contributed by atoms with van der Waals surface area (Å²) >= 11 is 0. The molecule has 0 amide bonds. The fraction of sp³-hybridized carbons (Fsp3) is 1.00. The molecule has 0 rings (SSSR count). The zero-order valence-corrected chi connectivity index (χ0v) is 10.7. The molecule has 15 heavy (non-hydrogen) atoms. The van der Waals surface area contributed by atoms with Crippen LogP contribution in [0.15, 0.2) is 0 Å². The molecule has 2 heteroatoms. The van der Waals surface area contributed by atoms with Gasteiger partial charge in [0, 0.05) is 12.5 Å². The third-order valence-electron chi connectivity index (χ3n) is 2.85. The SMILES string of the molecule is CCCCCCCCOCC(C)C(C)O. The van der Waals surface area contributed by atoms with Crippen molar-refractivity contribution in [3.63, 3.8) is 0 Å². The van der Waals surface area contributed by atoms with Gasteiger partial charge in [0.15, 0.2) is 0 Å². The second-order valence-electron chi connectivity index (χ2n) is 4.56. The first-order valence-electron chi connectivity index (χ1n) is 6.44. The van der Waals surface area contributed by atoms with Gasteiger partial charge in [-0.3, -0.25) is 0 Å². The van der Waals surface area contributed by atoms with E-state index in [2.05, 4.69) is 6.92 Å². The summed E-state index contributed by atoms with van der Waals surface area (Å²) in [6.07, 6.45) is 7.56. The second-order valence-corrected chi connectivity index (χ2v) is 4.56. The van der Waals surface area contributed by atoms with Crippen LogP contribution in [-0.2, 0) is 4.74 Å². The van der Waals surface area contributed by atoms with E-state index >= 15 is 0 Å². The molecule has 1 N–H and O–H groups in total.